The summed E-state index contributed by atoms with van der Waals surface area (Å²) < 4.78 is 11.5. The Morgan fingerprint density at radius 3 is 1.91 bits per heavy atom. The van der Waals surface area contributed by atoms with Crippen LogP contribution < -0.4 is 4.90 Å². The number of furan rings is 1. The fraction of sp³-hybridized carbons (Fsp3) is 0.0476. The molecule has 0 bridgehead atoms. The zero-order valence-electron chi connectivity index (χ0n) is 37.0. The normalized spacial score (nSPS) is 13.0. The van der Waals surface area contributed by atoms with E-state index >= 15 is 0 Å². The molecule has 0 radical (unpaired) electrons. The molecule has 10 aromatic carbocycles. The second kappa shape index (κ2) is 14.4. The Kier molecular flexibility index (Phi) is 8.20. The van der Waals surface area contributed by atoms with Crippen molar-refractivity contribution in [3.05, 3.63) is 230 Å². The van der Waals surface area contributed by atoms with Crippen LogP contribution in [0.25, 0.3) is 103 Å². The van der Waals surface area contributed by atoms with Crippen molar-refractivity contribution in [2.75, 3.05) is 4.90 Å². The lowest BCUT2D eigenvalue weighted by Gasteiger charge is -2.26. The average molecular weight is 875 g/mol. The Labute approximate surface area is 392 Å². The van der Waals surface area contributed by atoms with Crippen LogP contribution in [0, 0.1) is 0 Å². The summed E-state index contributed by atoms with van der Waals surface area (Å²) in [5.74, 6) is 0. The first kappa shape index (κ1) is 38.1. The summed E-state index contributed by atoms with van der Waals surface area (Å²) in [7, 11) is 0. The van der Waals surface area contributed by atoms with Crippen molar-refractivity contribution in [3.63, 3.8) is 0 Å². The van der Waals surface area contributed by atoms with E-state index < -0.39 is 0 Å². The number of rotatable bonds is 6. The lowest BCUT2D eigenvalue weighted by Crippen LogP contribution is -2.14. The van der Waals surface area contributed by atoms with Crippen LogP contribution in [-0.4, -0.2) is 4.57 Å². The minimum Gasteiger partial charge on any atom is -0.456 e. The molecule has 14 rings (SSSR count). The van der Waals surface area contributed by atoms with Crippen LogP contribution in [0.2, 0.25) is 0 Å². The van der Waals surface area contributed by atoms with E-state index in [1.54, 1.807) is 0 Å². The molecule has 0 amide bonds. The highest BCUT2D eigenvalue weighted by atomic mass is 32.1. The minimum atomic E-state index is -0.0918. The van der Waals surface area contributed by atoms with Gasteiger partial charge in [0.1, 0.15) is 11.2 Å². The molecule has 0 aliphatic heterocycles. The Hall–Kier alpha value is -8.18. The van der Waals surface area contributed by atoms with E-state index in [9.17, 15) is 0 Å². The number of anilines is 3. The molecular weight excluding hydrogens is 833 g/mol. The maximum Gasteiger partial charge on any atom is 0.137 e. The predicted molar refractivity (Wildman–Crippen MR) is 284 cm³/mol. The molecule has 0 saturated carbocycles. The molecule has 0 spiro atoms. The van der Waals surface area contributed by atoms with Gasteiger partial charge in [-0.2, -0.15) is 0 Å². The molecule has 3 nitrogen and oxygen atoms in total. The van der Waals surface area contributed by atoms with Crippen molar-refractivity contribution in [1.82, 2.24) is 4.57 Å². The van der Waals surface area contributed by atoms with Gasteiger partial charge in [-0.25, -0.2) is 0 Å². The molecule has 4 heteroatoms. The third kappa shape index (κ3) is 5.70. The smallest absolute Gasteiger partial charge is 0.137 e. The van der Waals surface area contributed by atoms with Gasteiger partial charge in [-0.3, -0.25) is 0 Å². The van der Waals surface area contributed by atoms with Gasteiger partial charge in [-0.05, 0) is 129 Å². The average Bonchev–Trinajstić information content (AvgIpc) is 4.11. The molecular formula is C63H42N2OS. The molecule has 67 heavy (non-hydrogen) atoms. The van der Waals surface area contributed by atoms with E-state index in [0.29, 0.717) is 0 Å². The molecule has 1 aliphatic rings. The quantitative estimate of drug-likeness (QED) is 0.166. The third-order valence-corrected chi connectivity index (χ3v) is 15.6. The Bertz CT molecular complexity index is 4110. The third-order valence-electron chi connectivity index (χ3n) is 14.4. The Balaban J connectivity index is 0.908. The molecule has 1 aliphatic carbocycles. The van der Waals surface area contributed by atoms with Crippen LogP contribution >= 0.6 is 11.3 Å². The number of benzene rings is 10. The highest BCUT2D eigenvalue weighted by molar-refractivity contribution is 7.26. The monoisotopic (exact) mass is 874 g/mol. The lowest BCUT2D eigenvalue weighted by molar-refractivity contribution is 0.661. The SMILES string of the molecule is CC1(C)c2ccccc2-c2cc3c4cc(-c5ccc(N(c6ccc(-c7cccc8c7sc7ccccc78)cc6)c6cccc7oc8ccccc8c67)cc5)ccc4n(-c4ccccc4)c3cc21. The highest BCUT2D eigenvalue weighted by Crippen LogP contribution is 2.52. The van der Waals surface area contributed by atoms with Crippen molar-refractivity contribution in [3.8, 4) is 39.1 Å². The highest BCUT2D eigenvalue weighted by Gasteiger charge is 2.36. The number of aromatic nitrogens is 1. The van der Waals surface area contributed by atoms with E-state index in [4.69, 9.17) is 4.42 Å². The van der Waals surface area contributed by atoms with Crippen molar-refractivity contribution in [1.29, 1.82) is 0 Å². The van der Waals surface area contributed by atoms with E-state index in [1.165, 1.54) is 86.6 Å². The maximum atomic E-state index is 6.46. The van der Waals surface area contributed by atoms with E-state index in [1.807, 2.05) is 17.4 Å². The molecule has 0 atom stereocenters. The zero-order valence-corrected chi connectivity index (χ0v) is 37.8. The second-order valence-corrected chi connectivity index (χ2v) is 19.5. The predicted octanol–water partition coefficient (Wildman–Crippen LogP) is 18.2. The summed E-state index contributed by atoms with van der Waals surface area (Å²) in [5, 5.41) is 7.33. The van der Waals surface area contributed by atoms with Gasteiger partial charge in [-0.1, -0.05) is 147 Å². The summed E-state index contributed by atoms with van der Waals surface area (Å²) in [6.07, 6.45) is 0. The lowest BCUT2D eigenvalue weighted by atomic mass is 9.82. The van der Waals surface area contributed by atoms with Gasteiger partial charge >= 0.3 is 0 Å². The Morgan fingerprint density at radius 1 is 0.433 bits per heavy atom. The molecule has 0 unspecified atom stereocenters. The summed E-state index contributed by atoms with van der Waals surface area (Å²) in [6, 6.07) is 80.0. The topological polar surface area (TPSA) is 21.3 Å². The van der Waals surface area contributed by atoms with Gasteiger partial charge in [0.15, 0.2) is 0 Å². The van der Waals surface area contributed by atoms with Crippen LogP contribution in [0.1, 0.15) is 25.0 Å². The van der Waals surface area contributed by atoms with Gasteiger partial charge in [0.25, 0.3) is 0 Å². The summed E-state index contributed by atoms with van der Waals surface area (Å²) >= 11 is 1.87. The van der Waals surface area contributed by atoms with Crippen LogP contribution in [0.15, 0.2) is 223 Å². The van der Waals surface area contributed by atoms with Gasteiger partial charge in [-0.15, -0.1) is 11.3 Å². The first-order valence-corrected chi connectivity index (χ1v) is 23.9. The van der Waals surface area contributed by atoms with E-state index in [2.05, 4.69) is 236 Å². The summed E-state index contributed by atoms with van der Waals surface area (Å²) in [5.41, 5.74) is 18.7. The van der Waals surface area contributed by atoms with E-state index in [-0.39, 0.29) is 5.41 Å². The van der Waals surface area contributed by atoms with Crippen molar-refractivity contribution >= 4 is 92.3 Å². The molecule has 316 valence electrons. The van der Waals surface area contributed by atoms with Crippen LogP contribution in [0.4, 0.5) is 17.1 Å². The molecule has 0 fully saturated rings. The number of nitrogens with zero attached hydrogens (tertiary/aromatic N) is 2. The van der Waals surface area contributed by atoms with Gasteiger partial charge in [0.05, 0.1) is 22.1 Å². The van der Waals surface area contributed by atoms with Crippen molar-refractivity contribution < 1.29 is 4.42 Å². The maximum absolute atomic E-state index is 6.46. The minimum absolute atomic E-state index is 0.0918. The standard InChI is InChI=1S/C63H42N2OS/c1-63(2)53-21-9-6-16-46(53)50-37-52-51-36-41(30-35-55(51)65(57(52)38-54(50)63)42-14-4-3-5-15-42)39-26-31-43(32-27-39)64(56-22-13-24-59-61(56)49-18-7-10-23-58(49)66-59)44-33-28-40(29-34-44)45-19-12-20-48-47-17-8-11-25-60(47)67-62(45)48/h3-38H,1-2H3. The largest absolute Gasteiger partial charge is 0.456 e. The van der Waals surface area contributed by atoms with Crippen LogP contribution in [0.5, 0.6) is 0 Å². The fourth-order valence-corrected chi connectivity index (χ4v) is 12.4. The number of hydrogen-bond acceptors (Lipinski definition) is 3. The Morgan fingerprint density at radius 2 is 1.07 bits per heavy atom. The first-order chi connectivity index (χ1) is 33.0. The molecule has 13 aromatic rings. The number of thiophene rings is 1. The second-order valence-electron chi connectivity index (χ2n) is 18.4. The summed E-state index contributed by atoms with van der Waals surface area (Å²) in [6.45, 7) is 4.73. The number of para-hydroxylation sites is 2. The van der Waals surface area contributed by atoms with Crippen LogP contribution in [0.3, 0.4) is 0 Å². The molecule has 3 aromatic heterocycles. The zero-order chi connectivity index (χ0) is 44.4. The van der Waals surface area contributed by atoms with E-state index in [0.717, 1.165) is 44.6 Å². The van der Waals surface area contributed by atoms with Crippen molar-refractivity contribution in [2.24, 2.45) is 0 Å². The van der Waals surface area contributed by atoms with Gasteiger partial charge in [0, 0.05) is 58.8 Å². The van der Waals surface area contributed by atoms with Crippen LogP contribution in [-0.2, 0) is 5.41 Å². The van der Waals surface area contributed by atoms with Crippen molar-refractivity contribution in [2.45, 2.75) is 19.3 Å². The number of fused-ring (bicyclic) bond motifs is 12. The molecule has 0 N–H and O–H groups in total. The molecule has 3 heterocycles. The first-order valence-electron chi connectivity index (χ1n) is 23.1. The molecule has 0 saturated heterocycles. The van der Waals surface area contributed by atoms with Gasteiger partial charge < -0.3 is 13.9 Å². The number of hydrogen-bond donors (Lipinski definition) is 0. The summed E-state index contributed by atoms with van der Waals surface area (Å²) in [4.78, 5) is 2.38. The van der Waals surface area contributed by atoms with Gasteiger partial charge in [0.2, 0.25) is 0 Å². The fourth-order valence-electron chi connectivity index (χ4n) is 11.2.